The number of hydrogen-bond donors (Lipinski definition) is 1. The van der Waals surface area contributed by atoms with Crippen LogP contribution in [0.1, 0.15) is 32.3 Å². The van der Waals surface area contributed by atoms with Crippen molar-refractivity contribution in [3.05, 3.63) is 29.8 Å². The molecule has 1 aliphatic carbocycles. The van der Waals surface area contributed by atoms with Gasteiger partial charge in [-0.2, -0.15) is 0 Å². The molecule has 1 saturated carbocycles. The van der Waals surface area contributed by atoms with Crippen molar-refractivity contribution >= 4 is 0 Å². The topological polar surface area (TPSA) is 35.2 Å². The van der Waals surface area contributed by atoms with E-state index in [0.29, 0.717) is 0 Å². The fraction of sp³-hybridized carbons (Fsp3) is 0.571. The van der Waals surface area contributed by atoms with Gasteiger partial charge in [0, 0.05) is 12.0 Å². The van der Waals surface area contributed by atoms with Gasteiger partial charge in [-0.25, -0.2) is 0 Å². The second-order valence-corrected chi connectivity index (χ2v) is 4.96. The van der Waals surface area contributed by atoms with E-state index >= 15 is 0 Å². The fourth-order valence-electron chi connectivity index (χ4n) is 2.87. The van der Waals surface area contributed by atoms with Crippen molar-refractivity contribution in [3.63, 3.8) is 0 Å². The van der Waals surface area contributed by atoms with Gasteiger partial charge in [-0.3, -0.25) is 0 Å². The van der Waals surface area contributed by atoms with Gasteiger partial charge in [-0.05, 0) is 43.4 Å². The van der Waals surface area contributed by atoms with Gasteiger partial charge in [0.05, 0.1) is 6.61 Å². The van der Waals surface area contributed by atoms with E-state index < -0.39 is 0 Å². The average Bonchev–Trinajstić information content (AvgIpc) is 2.26. The van der Waals surface area contributed by atoms with Crippen molar-refractivity contribution in [2.45, 2.75) is 32.1 Å². The number of ether oxygens (including phenoxy) is 1. The summed E-state index contributed by atoms with van der Waals surface area (Å²) in [5.74, 6) is 1.76. The maximum Gasteiger partial charge on any atom is 0.119 e. The van der Waals surface area contributed by atoms with E-state index in [1.54, 1.807) is 0 Å². The molecule has 1 aliphatic rings. The fourth-order valence-corrected chi connectivity index (χ4v) is 2.87. The van der Waals surface area contributed by atoms with E-state index in [0.717, 1.165) is 24.8 Å². The molecule has 0 atom stereocenters. The third-order valence-corrected chi connectivity index (χ3v) is 3.65. The Morgan fingerprint density at radius 3 is 2.38 bits per heavy atom. The normalized spacial score (nSPS) is 28.6. The number of nitrogens with two attached hydrogens (primary N) is 1. The monoisotopic (exact) mass is 219 g/mol. The van der Waals surface area contributed by atoms with Crippen molar-refractivity contribution in [3.8, 4) is 5.75 Å². The van der Waals surface area contributed by atoms with Crippen molar-refractivity contribution in [2.75, 3.05) is 13.2 Å². The SMILES string of the molecule is CCOc1ccc(C2(CN)CC(C)C2)cc1. The summed E-state index contributed by atoms with van der Waals surface area (Å²) < 4.78 is 5.45. The standard InChI is InChI=1S/C14H21NO/c1-3-16-13-6-4-12(5-7-13)14(10-15)8-11(2)9-14/h4-7,11H,3,8-10,15H2,1-2H3. The lowest BCUT2D eigenvalue weighted by Crippen LogP contribution is -2.46. The average molecular weight is 219 g/mol. The first kappa shape index (κ1) is 11.5. The van der Waals surface area contributed by atoms with Crippen LogP contribution in [0.15, 0.2) is 24.3 Å². The summed E-state index contributed by atoms with van der Waals surface area (Å²) in [7, 11) is 0. The maximum atomic E-state index is 5.93. The molecule has 0 aliphatic heterocycles. The summed E-state index contributed by atoms with van der Waals surface area (Å²) in [6.45, 7) is 5.77. The molecule has 0 bridgehead atoms. The van der Waals surface area contributed by atoms with Gasteiger partial charge in [0.25, 0.3) is 0 Å². The lowest BCUT2D eigenvalue weighted by Gasteiger charge is -2.46. The third-order valence-electron chi connectivity index (χ3n) is 3.65. The largest absolute Gasteiger partial charge is 0.494 e. The Morgan fingerprint density at radius 1 is 1.31 bits per heavy atom. The van der Waals surface area contributed by atoms with E-state index in [1.165, 1.54) is 18.4 Å². The molecule has 0 amide bonds. The Bertz CT molecular complexity index is 338. The number of benzene rings is 1. The van der Waals surface area contributed by atoms with Crippen LogP contribution in [0, 0.1) is 5.92 Å². The van der Waals surface area contributed by atoms with Gasteiger partial charge >= 0.3 is 0 Å². The summed E-state index contributed by atoms with van der Waals surface area (Å²) in [4.78, 5) is 0. The summed E-state index contributed by atoms with van der Waals surface area (Å²) in [5, 5.41) is 0. The highest BCUT2D eigenvalue weighted by atomic mass is 16.5. The van der Waals surface area contributed by atoms with Crippen LogP contribution in [0.4, 0.5) is 0 Å². The van der Waals surface area contributed by atoms with E-state index in [4.69, 9.17) is 10.5 Å². The first-order chi connectivity index (χ1) is 7.70. The van der Waals surface area contributed by atoms with Crippen LogP contribution in [0.3, 0.4) is 0 Å². The Hall–Kier alpha value is -1.02. The molecule has 1 aromatic carbocycles. The lowest BCUT2D eigenvalue weighted by molar-refractivity contribution is 0.164. The molecule has 1 fully saturated rings. The molecular weight excluding hydrogens is 198 g/mol. The zero-order valence-electron chi connectivity index (χ0n) is 10.2. The van der Waals surface area contributed by atoms with Crippen molar-refractivity contribution < 1.29 is 4.74 Å². The minimum atomic E-state index is 0.240. The molecule has 2 N–H and O–H groups in total. The maximum absolute atomic E-state index is 5.93. The van der Waals surface area contributed by atoms with Crippen LogP contribution in [-0.4, -0.2) is 13.2 Å². The molecule has 0 heterocycles. The van der Waals surface area contributed by atoms with E-state index in [1.807, 2.05) is 6.92 Å². The van der Waals surface area contributed by atoms with Crippen LogP contribution in [0.25, 0.3) is 0 Å². The molecule has 0 radical (unpaired) electrons. The van der Waals surface area contributed by atoms with Gasteiger partial charge in [0.2, 0.25) is 0 Å². The molecule has 2 rings (SSSR count). The highest BCUT2D eigenvalue weighted by Gasteiger charge is 2.42. The third kappa shape index (κ3) is 1.94. The highest BCUT2D eigenvalue weighted by molar-refractivity contribution is 5.34. The summed E-state index contributed by atoms with van der Waals surface area (Å²) in [6, 6.07) is 8.45. The summed E-state index contributed by atoms with van der Waals surface area (Å²) in [6.07, 6.45) is 2.44. The zero-order chi connectivity index (χ0) is 11.6. The molecule has 0 unspecified atom stereocenters. The quantitative estimate of drug-likeness (QED) is 0.845. The smallest absolute Gasteiger partial charge is 0.119 e. The lowest BCUT2D eigenvalue weighted by atomic mass is 9.59. The molecule has 0 spiro atoms. The van der Waals surface area contributed by atoms with Gasteiger partial charge in [-0.1, -0.05) is 19.1 Å². The van der Waals surface area contributed by atoms with E-state index in [9.17, 15) is 0 Å². The second kappa shape index (κ2) is 4.46. The number of rotatable bonds is 4. The van der Waals surface area contributed by atoms with Crippen molar-refractivity contribution in [1.29, 1.82) is 0 Å². The van der Waals surface area contributed by atoms with Gasteiger partial charge in [0.1, 0.15) is 5.75 Å². The Labute approximate surface area is 97.8 Å². The first-order valence-electron chi connectivity index (χ1n) is 6.13. The second-order valence-electron chi connectivity index (χ2n) is 4.96. The van der Waals surface area contributed by atoms with E-state index in [-0.39, 0.29) is 5.41 Å². The zero-order valence-corrected chi connectivity index (χ0v) is 10.2. The highest BCUT2D eigenvalue weighted by Crippen LogP contribution is 2.46. The molecular formula is C14H21NO. The minimum Gasteiger partial charge on any atom is -0.494 e. The first-order valence-corrected chi connectivity index (χ1v) is 6.13. The van der Waals surface area contributed by atoms with Crippen LogP contribution < -0.4 is 10.5 Å². The molecule has 16 heavy (non-hydrogen) atoms. The van der Waals surface area contributed by atoms with Crippen LogP contribution in [0.2, 0.25) is 0 Å². The number of hydrogen-bond acceptors (Lipinski definition) is 2. The minimum absolute atomic E-state index is 0.240. The predicted molar refractivity (Wildman–Crippen MR) is 66.7 cm³/mol. The van der Waals surface area contributed by atoms with Gasteiger partial charge < -0.3 is 10.5 Å². The Morgan fingerprint density at radius 2 is 1.94 bits per heavy atom. The summed E-state index contributed by atoms with van der Waals surface area (Å²) in [5.41, 5.74) is 7.54. The molecule has 88 valence electrons. The molecule has 1 aromatic rings. The van der Waals surface area contributed by atoms with Gasteiger partial charge in [-0.15, -0.1) is 0 Å². The van der Waals surface area contributed by atoms with E-state index in [2.05, 4.69) is 31.2 Å². The van der Waals surface area contributed by atoms with Crippen LogP contribution in [0.5, 0.6) is 5.75 Å². The molecule has 2 nitrogen and oxygen atoms in total. The molecule has 0 saturated heterocycles. The van der Waals surface area contributed by atoms with Crippen molar-refractivity contribution in [2.24, 2.45) is 11.7 Å². The molecule has 2 heteroatoms. The van der Waals surface area contributed by atoms with Gasteiger partial charge in [0.15, 0.2) is 0 Å². The Balaban J connectivity index is 2.14. The van der Waals surface area contributed by atoms with Crippen LogP contribution in [-0.2, 0) is 5.41 Å². The summed E-state index contributed by atoms with van der Waals surface area (Å²) >= 11 is 0. The predicted octanol–water partition coefficient (Wildman–Crippen LogP) is 2.71. The molecule has 0 aromatic heterocycles. The Kier molecular flexibility index (Phi) is 3.20. The van der Waals surface area contributed by atoms with Crippen molar-refractivity contribution in [1.82, 2.24) is 0 Å². The van der Waals surface area contributed by atoms with Crippen LogP contribution >= 0.6 is 0 Å².